The second kappa shape index (κ2) is 6.15. The van der Waals surface area contributed by atoms with E-state index in [2.05, 4.69) is 5.32 Å². The fourth-order valence-corrected chi connectivity index (χ4v) is 2.74. The van der Waals surface area contributed by atoms with Gasteiger partial charge in [-0.1, -0.05) is 31.0 Å². The first-order valence-electron chi connectivity index (χ1n) is 6.85. The van der Waals surface area contributed by atoms with Crippen molar-refractivity contribution in [2.75, 3.05) is 13.1 Å². The van der Waals surface area contributed by atoms with Crippen molar-refractivity contribution in [1.29, 1.82) is 0 Å². The van der Waals surface area contributed by atoms with Crippen molar-refractivity contribution in [3.63, 3.8) is 0 Å². The third kappa shape index (κ3) is 3.53. The van der Waals surface area contributed by atoms with E-state index in [9.17, 15) is 9.18 Å². The first-order chi connectivity index (χ1) is 9.15. The Hall–Kier alpha value is -1.42. The molecule has 1 aromatic carbocycles. The van der Waals surface area contributed by atoms with Gasteiger partial charge in [-0.3, -0.25) is 4.79 Å². The lowest BCUT2D eigenvalue weighted by Gasteiger charge is -2.27. The largest absolute Gasteiger partial charge is 0.355 e. The Morgan fingerprint density at radius 1 is 1.32 bits per heavy atom. The number of carbonyl (C=O) groups is 1. The number of nitrogens with two attached hydrogens (primary N) is 1. The Kier molecular flexibility index (Phi) is 4.53. The number of halogens is 1. The lowest BCUT2D eigenvalue weighted by atomic mass is 9.86. The Morgan fingerprint density at radius 2 is 2.00 bits per heavy atom. The van der Waals surface area contributed by atoms with E-state index in [1.165, 1.54) is 18.9 Å². The molecule has 0 heterocycles. The molecule has 0 aliphatic heterocycles. The number of hydrogen-bond donors (Lipinski definition) is 2. The lowest BCUT2D eigenvalue weighted by Crippen LogP contribution is -2.41. The number of benzene rings is 1. The van der Waals surface area contributed by atoms with Crippen molar-refractivity contribution < 1.29 is 9.18 Å². The molecule has 0 spiro atoms. The third-order valence-electron chi connectivity index (χ3n) is 4.07. The van der Waals surface area contributed by atoms with Crippen LogP contribution in [-0.2, 0) is 11.2 Å². The Labute approximate surface area is 113 Å². The van der Waals surface area contributed by atoms with Gasteiger partial charge in [0.1, 0.15) is 5.82 Å². The zero-order valence-electron chi connectivity index (χ0n) is 11.1. The highest BCUT2D eigenvalue weighted by atomic mass is 19.1. The van der Waals surface area contributed by atoms with Gasteiger partial charge in [0.2, 0.25) is 5.91 Å². The van der Waals surface area contributed by atoms with E-state index in [-0.39, 0.29) is 23.6 Å². The molecule has 0 aromatic heterocycles. The van der Waals surface area contributed by atoms with Crippen LogP contribution >= 0.6 is 0 Å². The molecule has 0 unspecified atom stereocenters. The minimum absolute atomic E-state index is 0.0604. The lowest BCUT2D eigenvalue weighted by molar-refractivity contribution is -0.121. The average Bonchev–Trinajstić information content (AvgIpc) is 2.89. The van der Waals surface area contributed by atoms with Crippen molar-refractivity contribution in [2.45, 2.75) is 32.1 Å². The van der Waals surface area contributed by atoms with Gasteiger partial charge in [-0.25, -0.2) is 4.39 Å². The van der Waals surface area contributed by atoms with Gasteiger partial charge in [0.05, 0.1) is 6.42 Å². The number of hydrogen-bond acceptors (Lipinski definition) is 2. The number of amides is 1. The van der Waals surface area contributed by atoms with Crippen LogP contribution in [0.15, 0.2) is 24.3 Å². The Bertz CT molecular complexity index is 442. The van der Waals surface area contributed by atoms with Crippen LogP contribution in [0.4, 0.5) is 4.39 Å². The van der Waals surface area contributed by atoms with E-state index in [4.69, 9.17) is 5.73 Å². The molecule has 0 atom stereocenters. The number of nitrogens with one attached hydrogen (secondary N) is 1. The molecule has 19 heavy (non-hydrogen) atoms. The van der Waals surface area contributed by atoms with Crippen LogP contribution in [0.3, 0.4) is 0 Å². The van der Waals surface area contributed by atoms with Crippen molar-refractivity contribution in [3.05, 3.63) is 35.6 Å². The summed E-state index contributed by atoms with van der Waals surface area (Å²) in [6.07, 6.45) is 4.60. The summed E-state index contributed by atoms with van der Waals surface area (Å²) in [5.41, 5.74) is 6.32. The molecule has 1 saturated carbocycles. The van der Waals surface area contributed by atoms with Crippen molar-refractivity contribution in [2.24, 2.45) is 11.1 Å². The predicted molar refractivity (Wildman–Crippen MR) is 73.1 cm³/mol. The number of rotatable bonds is 5. The van der Waals surface area contributed by atoms with Crippen LogP contribution < -0.4 is 11.1 Å². The monoisotopic (exact) mass is 264 g/mol. The van der Waals surface area contributed by atoms with Crippen molar-refractivity contribution >= 4 is 5.91 Å². The summed E-state index contributed by atoms with van der Waals surface area (Å²) in [5.74, 6) is -0.461. The molecular formula is C15H21FN2O. The topological polar surface area (TPSA) is 55.1 Å². The molecule has 104 valence electrons. The molecule has 1 aliphatic carbocycles. The van der Waals surface area contributed by atoms with Gasteiger partial charge in [0.25, 0.3) is 0 Å². The SMILES string of the molecule is NCC1(CNC(=O)Cc2ccccc2F)CCCC1. The van der Waals surface area contributed by atoms with E-state index < -0.39 is 0 Å². The Morgan fingerprint density at radius 3 is 2.63 bits per heavy atom. The van der Waals surface area contributed by atoms with Crippen molar-refractivity contribution in [3.8, 4) is 0 Å². The fourth-order valence-electron chi connectivity index (χ4n) is 2.74. The van der Waals surface area contributed by atoms with Crippen LogP contribution in [0.2, 0.25) is 0 Å². The Balaban J connectivity index is 1.86. The van der Waals surface area contributed by atoms with Gasteiger partial charge >= 0.3 is 0 Å². The molecule has 0 saturated heterocycles. The van der Waals surface area contributed by atoms with Crippen LogP contribution in [-0.4, -0.2) is 19.0 Å². The van der Waals surface area contributed by atoms with E-state index in [1.807, 2.05) is 0 Å². The summed E-state index contributed by atoms with van der Waals surface area (Å²) < 4.78 is 13.4. The minimum atomic E-state index is -0.327. The average molecular weight is 264 g/mol. The molecule has 1 aliphatic rings. The molecule has 2 rings (SSSR count). The smallest absolute Gasteiger partial charge is 0.224 e. The van der Waals surface area contributed by atoms with E-state index in [1.54, 1.807) is 18.2 Å². The van der Waals surface area contributed by atoms with E-state index in [0.717, 1.165) is 12.8 Å². The van der Waals surface area contributed by atoms with Gasteiger partial charge in [-0.15, -0.1) is 0 Å². The summed E-state index contributed by atoms with van der Waals surface area (Å²) in [4.78, 5) is 11.9. The standard InChI is InChI=1S/C15H21FN2O/c16-13-6-2-1-5-12(13)9-14(19)18-11-15(10-17)7-3-4-8-15/h1-2,5-6H,3-4,7-11,17H2,(H,18,19). The van der Waals surface area contributed by atoms with Gasteiger partial charge in [0, 0.05) is 6.54 Å². The molecule has 1 amide bonds. The zero-order chi connectivity index (χ0) is 13.7. The summed E-state index contributed by atoms with van der Waals surface area (Å²) >= 11 is 0. The van der Waals surface area contributed by atoms with Crippen LogP contribution in [0.1, 0.15) is 31.2 Å². The maximum atomic E-state index is 13.4. The summed E-state index contributed by atoms with van der Waals surface area (Å²) in [6, 6.07) is 6.38. The molecular weight excluding hydrogens is 243 g/mol. The van der Waals surface area contributed by atoms with Crippen molar-refractivity contribution in [1.82, 2.24) is 5.32 Å². The first kappa shape index (κ1) is 14.0. The van der Waals surface area contributed by atoms with Gasteiger partial charge in [-0.05, 0) is 36.4 Å². The van der Waals surface area contributed by atoms with Crippen LogP contribution in [0, 0.1) is 11.2 Å². The second-order valence-electron chi connectivity index (χ2n) is 5.46. The maximum Gasteiger partial charge on any atom is 0.224 e. The molecule has 3 N–H and O–H groups in total. The normalized spacial score (nSPS) is 17.4. The highest BCUT2D eigenvalue weighted by molar-refractivity contribution is 5.78. The predicted octanol–water partition coefficient (Wildman–Crippen LogP) is 2.00. The number of carbonyl (C=O) groups excluding carboxylic acids is 1. The van der Waals surface area contributed by atoms with Gasteiger partial charge in [0.15, 0.2) is 0 Å². The molecule has 0 bridgehead atoms. The van der Waals surface area contributed by atoms with Gasteiger partial charge < -0.3 is 11.1 Å². The molecule has 0 radical (unpaired) electrons. The quantitative estimate of drug-likeness (QED) is 0.854. The van der Waals surface area contributed by atoms with E-state index >= 15 is 0 Å². The summed E-state index contributed by atoms with van der Waals surface area (Å²) in [5, 5.41) is 2.91. The summed E-state index contributed by atoms with van der Waals surface area (Å²) in [6.45, 7) is 1.21. The molecule has 1 fully saturated rings. The minimum Gasteiger partial charge on any atom is -0.355 e. The van der Waals surface area contributed by atoms with Gasteiger partial charge in [-0.2, -0.15) is 0 Å². The third-order valence-corrected chi connectivity index (χ3v) is 4.07. The second-order valence-corrected chi connectivity index (χ2v) is 5.46. The molecule has 3 nitrogen and oxygen atoms in total. The molecule has 4 heteroatoms. The molecule has 1 aromatic rings. The first-order valence-corrected chi connectivity index (χ1v) is 6.85. The van der Waals surface area contributed by atoms with Crippen LogP contribution in [0.5, 0.6) is 0 Å². The summed E-state index contributed by atoms with van der Waals surface area (Å²) in [7, 11) is 0. The van der Waals surface area contributed by atoms with Crippen LogP contribution in [0.25, 0.3) is 0 Å². The highest BCUT2D eigenvalue weighted by Gasteiger charge is 2.32. The highest BCUT2D eigenvalue weighted by Crippen LogP contribution is 2.36. The zero-order valence-corrected chi connectivity index (χ0v) is 11.1. The maximum absolute atomic E-state index is 13.4. The fraction of sp³-hybridized carbons (Fsp3) is 0.533. The van der Waals surface area contributed by atoms with E-state index in [0.29, 0.717) is 18.7 Å².